The largest absolute Gasteiger partial charge is 0.492 e. The molecule has 4 heteroatoms. The summed E-state index contributed by atoms with van der Waals surface area (Å²) >= 11 is 3.36. The molecule has 96 valence electrons. The standard InChI is InChI=1S/C15H12BrNO2/c16-11-5-10(7-17-8-11)6-14(18)13-9-19-15-4-2-1-3-12(13)15/h1-5,7-8,13H,6,9H2. The van der Waals surface area contributed by atoms with Gasteiger partial charge in [-0.25, -0.2) is 0 Å². The van der Waals surface area contributed by atoms with Gasteiger partial charge in [0.25, 0.3) is 0 Å². The summed E-state index contributed by atoms with van der Waals surface area (Å²) in [5, 5.41) is 0. The minimum atomic E-state index is -0.157. The summed E-state index contributed by atoms with van der Waals surface area (Å²) in [5.74, 6) is 0.841. The number of fused-ring (bicyclic) bond motifs is 1. The molecule has 0 fully saturated rings. The lowest BCUT2D eigenvalue weighted by molar-refractivity contribution is -0.120. The zero-order valence-corrected chi connectivity index (χ0v) is 11.8. The van der Waals surface area contributed by atoms with Crippen molar-refractivity contribution in [3.63, 3.8) is 0 Å². The van der Waals surface area contributed by atoms with Crippen LogP contribution >= 0.6 is 15.9 Å². The highest BCUT2D eigenvalue weighted by Crippen LogP contribution is 2.34. The summed E-state index contributed by atoms with van der Waals surface area (Å²) in [6, 6.07) is 9.65. The number of rotatable bonds is 3. The van der Waals surface area contributed by atoms with E-state index < -0.39 is 0 Å². The van der Waals surface area contributed by atoms with E-state index >= 15 is 0 Å². The molecule has 1 aromatic heterocycles. The average Bonchev–Trinajstić information content (AvgIpc) is 2.82. The maximum absolute atomic E-state index is 12.4. The molecule has 1 aliphatic rings. The van der Waals surface area contributed by atoms with Gasteiger partial charge in [0.15, 0.2) is 0 Å². The number of benzene rings is 1. The molecule has 0 bridgehead atoms. The lowest BCUT2D eigenvalue weighted by Gasteiger charge is -2.07. The molecule has 0 saturated carbocycles. The molecular formula is C15H12BrNO2. The van der Waals surface area contributed by atoms with Crippen LogP contribution in [0.4, 0.5) is 0 Å². The first-order valence-corrected chi connectivity index (χ1v) is 6.87. The number of ether oxygens (including phenoxy) is 1. The van der Waals surface area contributed by atoms with Crippen molar-refractivity contribution in [2.24, 2.45) is 0 Å². The number of carbonyl (C=O) groups is 1. The van der Waals surface area contributed by atoms with E-state index in [1.54, 1.807) is 12.4 Å². The number of hydrogen-bond acceptors (Lipinski definition) is 3. The number of ketones is 1. The molecule has 1 aromatic carbocycles. The van der Waals surface area contributed by atoms with E-state index in [4.69, 9.17) is 4.74 Å². The van der Waals surface area contributed by atoms with Crippen molar-refractivity contribution in [3.8, 4) is 5.75 Å². The maximum atomic E-state index is 12.4. The Labute approximate surface area is 119 Å². The zero-order chi connectivity index (χ0) is 13.2. The van der Waals surface area contributed by atoms with Crippen LogP contribution in [0, 0.1) is 0 Å². The molecule has 0 N–H and O–H groups in total. The molecule has 3 nitrogen and oxygen atoms in total. The minimum Gasteiger partial charge on any atom is -0.492 e. The Balaban J connectivity index is 1.79. The van der Waals surface area contributed by atoms with Crippen LogP contribution in [0.1, 0.15) is 17.0 Å². The second-order valence-corrected chi connectivity index (χ2v) is 5.47. The molecular weight excluding hydrogens is 306 g/mol. The monoisotopic (exact) mass is 317 g/mol. The van der Waals surface area contributed by atoms with E-state index in [2.05, 4.69) is 20.9 Å². The Hall–Kier alpha value is -1.68. The second-order valence-electron chi connectivity index (χ2n) is 4.56. The number of para-hydroxylation sites is 1. The van der Waals surface area contributed by atoms with Gasteiger partial charge >= 0.3 is 0 Å². The fraction of sp³-hybridized carbons (Fsp3) is 0.200. The third kappa shape index (κ3) is 2.54. The van der Waals surface area contributed by atoms with Crippen LogP contribution in [0.2, 0.25) is 0 Å². The van der Waals surface area contributed by atoms with Crippen molar-refractivity contribution in [1.82, 2.24) is 4.98 Å². The third-order valence-corrected chi connectivity index (χ3v) is 3.66. The Morgan fingerprint density at radius 3 is 3.05 bits per heavy atom. The van der Waals surface area contributed by atoms with Gasteiger partial charge in [0.1, 0.15) is 18.1 Å². The highest BCUT2D eigenvalue weighted by atomic mass is 79.9. The molecule has 0 saturated heterocycles. The Morgan fingerprint density at radius 1 is 1.37 bits per heavy atom. The number of pyridine rings is 1. The SMILES string of the molecule is O=C(Cc1cncc(Br)c1)C1COc2ccccc21. The zero-order valence-electron chi connectivity index (χ0n) is 10.2. The molecule has 1 aliphatic heterocycles. The molecule has 1 atom stereocenters. The van der Waals surface area contributed by atoms with Gasteiger partial charge in [-0.15, -0.1) is 0 Å². The molecule has 1 unspecified atom stereocenters. The van der Waals surface area contributed by atoms with Gasteiger partial charge in [-0.2, -0.15) is 0 Å². The normalized spacial score (nSPS) is 16.8. The number of halogens is 1. The summed E-state index contributed by atoms with van der Waals surface area (Å²) in [5.41, 5.74) is 1.92. The lowest BCUT2D eigenvalue weighted by atomic mass is 9.93. The number of aromatic nitrogens is 1. The van der Waals surface area contributed by atoms with E-state index in [1.807, 2.05) is 30.3 Å². The molecule has 2 heterocycles. The van der Waals surface area contributed by atoms with Crippen LogP contribution < -0.4 is 4.74 Å². The predicted molar refractivity (Wildman–Crippen MR) is 75.3 cm³/mol. The third-order valence-electron chi connectivity index (χ3n) is 3.23. The number of hydrogen-bond donors (Lipinski definition) is 0. The second kappa shape index (κ2) is 5.13. The molecule has 0 aliphatic carbocycles. The van der Waals surface area contributed by atoms with E-state index in [1.165, 1.54) is 0 Å². The van der Waals surface area contributed by atoms with E-state index in [0.29, 0.717) is 13.0 Å². The van der Waals surface area contributed by atoms with Crippen molar-refractivity contribution < 1.29 is 9.53 Å². The minimum absolute atomic E-state index is 0.157. The molecule has 0 radical (unpaired) electrons. The topological polar surface area (TPSA) is 39.2 Å². The molecule has 3 rings (SSSR count). The van der Waals surface area contributed by atoms with Crippen LogP contribution in [0.5, 0.6) is 5.75 Å². The van der Waals surface area contributed by atoms with Gasteiger partial charge in [-0.05, 0) is 33.6 Å². The van der Waals surface area contributed by atoms with Crippen LogP contribution in [0.3, 0.4) is 0 Å². The predicted octanol–water partition coefficient (Wildman–Crippen LogP) is 3.13. The van der Waals surface area contributed by atoms with Gasteiger partial charge in [0, 0.05) is 28.9 Å². The first kappa shape index (κ1) is 12.4. The van der Waals surface area contributed by atoms with Crippen molar-refractivity contribution in [1.29, 1.82) is 0 Å². The summed E-state index contributed by atoms with van der Waals surface area (Å²) in [6.07, 6.45) is 3.82. The lowest BCUT2D eigenvalue weighted by Crippen LogP contribution is -2.16. The van der Waals surface area contributed by atoms with Crippen LogP contribution in [-0.2, 0) is 11.2 Å². The number of carbonyl (C=O) groups excluding carboxylic acids is 1. The first-order chi connectivity index (χ1) is 9.24. The maximum Gasteiger partial charge on any atom is 0.148 e. The van der Waals surface area contributed by atoms with Crippen LogP contribution in [0.15, 0.2) is 47.2 Å². The molecule has 0 amide bonds. The van der Waals surface area contributed by atoms with E-state index in [0.717, 1.165) is 21.3 Å². The van der Waals surface area contributed by atoms with Crippen LogP contribution in [-0.4, -0.2) is 17.4 Å². The first-order valence-electron chi connectivity index (χ1n) is 6.08. The fourth-order valence-electron chi connectivity index (χ4n) is 2.31. The van der Waals surface area contributed by atoms with Gasteiger partial charge < -0.3 is 4.74 Å². The van der Waals surface area contributed by atoms with Crippen molar-refractivity contribution in [2.75, 3.05) is 6.61 Å². The summed E-state index contributed by atoms with van der Waals surface area (Å²) < 4.78 is 6.44. The quantitative estimate of drug-likeness (QED) is 0.873. The summed E-state index contributed by atoms with van der Waals surface area (Å²) in [7, 11) is 0. The van der Waals surface area contributed by atoms with E-state index in [-0.39, 0.29) is 11.7 Å². The highest BCUT2D eigenvalue weighted by Gasteiger charge is 2.29. The van der Waals surface area contributed by atoms with Crippen LogP contribution in [0.25, 0.3) is 0 Å². The van der Waals surface area contributed by atoms with Gasteiger partial charge in [-0.1, -0.05) is 18.2 Å². The van der Waals surface area contributed by atoms with Gasteiger partial charge in [0.2, 0.25) is 0 Å². The summed E-state index contributed by atoms with van der Waals surface area (Å²) in [6.45, 7) is 0.444. The average molecular weight is 318 g/mol. The number of nitrogens with zero attached hydrogens (tertiary/aromatic N) is 1. The Bertz CT molecular complexity index is 627. The summed E-state index contributed by atoms with van der Waals surface area (Å²) in [4.78, 5) is 16.4. The van der Waals surface area contributed by atoms with E-state index in [9.17, 15) is 4.79 Å². The van der Waals surface area contributed by atoms with Crippen molar-refractivity contribution in [3.05, 3.63) is 58.3 Å². The Morgan fingerprint density at radius 2 is 2.21 bits per heavy atom. The number of Topliss-reactive ketones (excluding diaryl/α,β-unsaturated/α-hetero) is 1. The highest BCUT2D eigenvalue weighted by molar-refractivity contribution is 9.10. The van der Waals surface area contributed by atoms with Gasteiger partial charge in [0.05, 0.1) is 5.92 Å². The van der Waals surface area contributed by atoms with Gasteiger partial charge in [-0.3, -0.25) is 9.78 Å². The molecule has 19 heavy (non-hydrogen) atoms. The van der Waals surface area contributed by atoms with Crippen molar-refractivity contribution in [2.45, 2.75) is 12.3 Å². The molecule has 2 aromatic rings. The van der Waals surface area contributed by atoms with Crippen molar-refractivity contribution >= 4 is 21.7 Å². The fourth-order valence-corrected chi connectivity index (χ4v) is 2.72. The molecule has 0 spiro atoms. The Kier molecular flexibility index (Phi) is 3.34. The smallest absolute Gasteiger partial charge is 0.148 e.